The van der Waals surface area contributed by atoms with E-state index in [0.717, 1.165) is 18.7 Å². The van der Waals surface area contributed by atoms with E-state index in [-0.39, 0.29) is 6.03 Å². The first kappa shape index (κ1) is 15.9. The Morgan fingerprint density at radius 3 is 2.65 bits per heavy atom. The van der Waals surface area contributed by atoms with E-state index in [1.54, 1.807) is 10.4 Å². The molecule has 0 saturated carbocycles. The fourth-order valence-electron chi connectivity index (χ4n) is 2.56. The lowest BCUT2D eigenvalue weighted by Crippen LogP contribution is -2.50. The molecule has 2 N–H and O–H groups in total. The van der Waals surface area contributed by atoms with Gasteiger partial charge in [-0.25, -0.2) is 4.79 Å². The van der Waals surface area contributed by atoms with Gasteiger partial charge >= 0.3 is 6.03 Å². The largest absolute Gasteiger partial charge is 0.387 e. The summed E-state index contributed by atoms with van der Waals surface area (Å²) >= 11 is 1.30. The van der Waals surface area contributed by atoms with Crippen molar-refractivity contribution in [1.82, 2.24) is 20.0 Å². The number of benzene rings is 1. The van der Waals surface area contributed by atoms with Crippen LogP contribution in [0.25, 0.3) is 0 Å². The molecule has 1 aliphatic rings. The summed E-state index contributed by atoms with van der Waals surface area (Å²) in [5, 5.41) is 21.0. The number of piperazine rings is 1. The number of amides is 2. The van der Waals surface area contributed by atoms with E-state index in [9.17, 15) is 9.90 Å². The number of aromatic nitrogens is 2. The van der Waals surface area contributed by atoms with Gasteiger partial charge in [0.2, 0.25) is 5.13 Å². The summed E-state index contributed by atoms with van der Waals surface area (Å²) in [6, 6.07) is 9.49. The van der Waals surface area contributed by atoms with Gasteiger partial charge in [-0.05, 0) is 5.56 Å². The van der Waals surface area contributed by atoms with Gasteiger partial charge in [0.1, 0.15) is 5.51 Å². The van der Waals surface area contributed by atoms with Crippen molar-refractivity contribution in [2.75, 3.05) is 38.0 Å². The van der Waals surface area contributed by atoms with Gasteiger partial charge in [-0.1, -0.05) is 41.7 Å². The Balaban J connectivity index is 1.46. The van der Waals surface area contributed by atoms with Crippen molar-refractivity contribution in [1.29, 1.82) is 0 Å². The lowest BCUT2D eigenvalue weighted by molar-refractivity contribution is 0.0831. The van der Waals surface area contributed by atoms with Crippen LogP contribution in [0.4, 0.5) is 9.93 Å². The van der Waals surface area contributed by atoms with Crippen LogP contribution < -0.4 is 5.32 Å². The molecule has 23 heavy (non-hydrogen) atoms. The monoisotopic (exact) mass is 333 g/mol. The lowest BCUT2D eigenvalue weighted by atomic mass is 10.1. The van der Waals surface area contributed by atoms with Crippen LogP contribution in [-0.2, 0) is 0 Å². The van der Waals surface area contributed by atoms with E-state index in [1.807, 2.05) is 30.3 Å². The average Bonchev–Trinajstić information content (AvgIpc) is 3.09. The first-order valence-electron chi connectivity index (χ1n) is 7.50. The normalized spacial score (nSPS) is 17.0. The van der Waals surface area contributed by atoms with Crippen LogP contribution in [0.15, 0.2) is 35.8 Å². The molecule has 0 radical (unpaired) electrons. The smallest absolute Gasteiger partial charge is 0.323 e. The minimum absolute atomic E-state index is 0.148. The molecule has 8 heteroatoms. The third-order valence-corrected chi connectivity index (χ3v) is 4.46. The van der Waals surface area contributed by atoms with Gasteiger partial charge in [0.15, 0.2) is 0 Å². The van der Waals surface area contributed by atoms with Gasteiger partial charge in [-0.15, -0.1) is 10.2 Å². The van der Waals surface area contributed by atoms with Crippen molar-refractivity contribution >= 4 is 22.5 Å². The molecule has 0 spiro atoms. The van der Waals surface area contributed by atoms with E-state index in [1.165, 1.54) is 11.3 Å². The fourth-order valence-corrected chi connectivity index (χ4v) is 2.99. The predicted octanol–water partition coefficient (Wildman–Crippen LogP) is 1.42. The van der Waals surface area contributed by atoms with E-state index in [4.69, 9.17) is 0 Å². The van der Waals surface area contributed by atoms with E-state index in [0.29, 0.717) is 24.8 Å². The zero-order chi connectivity index (χ0) is 16.1. The van der Waals surface area contributed by atoms with Gasteiger partial charge in [0.05, 0.1) is 6.10 Å². The fraction of sp³-hybridized carbons (Fsp3) is 0.400. The van der Waals surface area contributed by atoms with E-state index in [2.05, 4.69) is 20.4 Å². The molecule has 2 aromatic rings. The maximum Gasteiger partial charge on any atom is 0.323 e. The molecule has 0 unspecified atom stereocenters. The molecule has 122 valence electrons. The summed E-state index contributed by atoms with van der Waals surface area (Å²) in [4.78, 5) is 16.0. The van der Waals surface area contributed by atoms with Crippen molar-refractivity contribution in [3.8, 4) is 0 Å². The second-order valence-corrected chi connectivity index (χ2v) is 6.22. The molecule has 3 rings (SSSR count). The summed E-state index contributed by atoms with van der Waals surface area (Å²) in [6.45, 7) is 3.33. The molecule has 1 atom stereocenters. The molecule has 1 aromatic heterocycles. The summed E-state index contributed by atoms with van der Waals surface area (Å²) in [6.07, 6.45) is -0.502. The van der Waals surface area contributed by atoms with E-state index >= 15 is 0 Å². The quantitative estimate of drug-likeness (QED) is 0.884. The summed E-state index contributed by atoms with van der Waals surface area (Å²) < 4.78 is 0. The minimum Gasteiger partial charge on any atom is -0.387 e. The Morgan fingerprint density at radius 2 is 2.00 bits per heavy atom. The second-order valence-electron chi connectivity index (χ2n) is 5.39. The zero-order valence-electron chi connectivity index (χ0n) is 12.6. The number of anilines is 1. The molecule has 1 aromatic carbocycles. The van der Waals surface area contributed by atoms with Crippen LogP contribution in [0.5, 0.6) is 0 Å². The number of nitrogens with zero attached hydrogens (tertiary/aromatic N) is 4. The maximum absolute atomic E-state index is 12.1. The van der Waals surface area contributed by atoms with Gasteiger partial charge in [0.25, 0.3) is 0 Å². The first-order chi connectivity index (χ1) is 11.2. The Morgan fingerprint density at radius 1 is 1.26 bits per heavy atom. The summed E-state index contributed by atoms with van der Waals surface area (Å²) in [7, 11) is 0. The molecule has 1 aliphatic heterocycles. The highest BCUT2D eigenvalue weighted by Crippen LogP contribution is 2.15. The van der Waals surface area contributed by atoms with Crippen LogP contribution in [0.1, 0.15) is 11.7 Å². The maximum atomic E-state index is 12.1. The number of hydrogen-bond donors (Lipinski definition) is 2. The summed E-state index contributed by atoms with van der Waals surface area (Å²) in [5.74, 6) is 0. The number of nitrogens with one attached hydrogen (secondary N) is 1. The Hall–Kier alpha value is -2.03. The molecule has 1 saturated heterocycles. The third kappa shape index (κ3) is 4.25. The first-order valence-corrected chi connectivity index (χ1v) is 8.38. The molecule has 1 fully saturated rings. The molecule has 0 bridgehead atoms. The number of carbonyl (C=O) groups excluding carboxylic acids is 1. The average molecular weight is 333 g/mol. The predicted molar refractivity (Wildman–Crippen MR) is 88.3 cm³/mol. The molecular formula is C15H19N5O2S. The van der Waals surface area contributed by atoms with Crippen LogP contribution in [0.2, 0.25) is 0 Å². The van der Waals surface area contributed by atoms with Crippen molar-refractivity contribution in [2.45, 2.75) is 6.10 Å². The van der Waals surface area contributed by atoms with Gasteiger partial charge in [-0.2, -0.15) is 0 Å². The Bertz CT molecular complexity index is 614. The summed E-state index contributed by atoms with van der Waals surface area (Å²) in [5.41, 5.74) is 2.50. The number of urea groups is 1. The van der Waals surface area contributed by atoms with Gasteiger partial charge in [0, 0.05) is 32.7 Å². The highest BCUT2D eigenvalue weighted by atomic mass is 32.1. The van der Waals surface area contributed by atoms with Crippen LogP contribution in [-0.4, -0.2) is 63.9 Å². The van der Waals surface area contributed by atoms with Crippen LogP contribution in [0.3, 0.4) is 0 Å². The number of aliphatic hydroxyl groups excluding tert-OH is 1. The van der Waals surface area contributed by atoms with Crippen LogP contribution >= 0.6 is 11.3 Å². The van der Waals surface area contributed by atoms with Crippen molar-refractivity contribution < 1.29 is 9.90 Å². The van der Waals surface area contributed by atoms with E-state index < -0.39 is 6.10 Å². The SMILES string of the molecule is O=C(Nc1nncs1)N1CCN(C[C@H](O)c2ccccc2)CC1. The number of carbonyl (C=O) groups is 1. The highest BCUT2D eigenvalue weighted by molar-refractivity contribution is 7.13. The van der Waals surface area contributed by atoms with Crippen LogP contribution in [0, 0.1) is 0 Å². The highest BCUT2D eigenvalue weighted by Gasteiger charge is 2.23. The molecule has 0 aliphatic carbocycles. The second kappa shape index (κ2) is 7.49. The molecule has 7 nitrogen and oxygen atoms in total. The van der Waals surface area contributed by atoms with Gasteiger partial charge in [-0.3, -0.25) is 10.2 Å². The molecular weight excluding hydrogens is 314 g/mol. The Labute approximate surface area is 138 Å². The van der Waals surface area contributed by atoms with Crippen molar-refractivity contribution in [2.24, 2.45) is 0 Å². The standard InChI is InChI=1S/C15H19N5O2S/c21-13(12-4-2-1-3-5-12)10-19-6-8-20(9-7-19)15(22)17-14-18-16-11-23-14/h1-5,11,13,21H,6-10H2,(H,17,18,22)/t13-/m0/s1. The Kier molecular flexibility index (Phi) is 5.16. The molecule has 2 amide bonds. The zero-order valence-corrected chi connectivity index (χ0v) is 13.4. The van der Waals surface area contributed by atoms with Crippen molar-refractivity contribution in [3.05, 3.63) is 41.4 Å². The number of rotatable bonds is 4. The lowest BCUT2D eigenvalue weighted by Gasteiger charge is -2.35. The number of β-amino-alcohol motifs (C(OH)–C–C–N with tert-alkyl or cyclic N) is 1. The van der Waals surface area contributed by atoms with Gasteiger partial charge < -0.3 is 10.0 Å². The third-order valence-electron chi connectivity index (χ3n) is 3.85. The number of aliphatic hydroxyl groups is 1. The van der Waals surface area contributed by atoms with Crippen molar-refractivity contribution in [3.63, 3.8) is 0 Å². The molecule has 2 heterocycles. The minimum atomic E-state index is -0.502. The topological polar surface area (TPSA) is 81.6 Å². The number of hydrogen-bond acceptors (Lipinski definition) is 6.